The van der Waals surface area contributed by atoms with E-state index in [9.17, 15) is 9.18 Å². The summed E-state index contributed by atoms with van der Waals surface area (Å²) in [6.07, 6.45) is 1.38. The van der Waals surface area contributed by atoms with E-state index in [4.69, 9.17) is 11.0 Å². The molecule has 4 heteroatoms. The Morgan fingerprint density at radius 1 is 1.20 bits per heavy atom. The minimum absolute atomic E-state index is 0.143. The second-order valence-corrected chi connectivity index (χ2v) is 4.14. The van der Waals surface area contributed by atoms with Crippen molar-refractivity contribution in [3.8, 4) is 17.2 Å². The number of nitrogens with zero attached hydrogens (tertiary/aromatic N) is 1. The molecule has 98 valence electrons. The number of hydrogen-bond donors (Lipinski definition) is 1. The number of amides is 1. The Morgan fingerprint density at radius 2 is 1.95 bits per heavy atom. The van der Waals surface area contributed by atoms with Crippen molar-refractivity contribution >= 4 is 12.0 Å². The van der Waals surface area contributed by atoms with Crippen LogP contribution in [0, 0.1) is 17.1 Å². The maximum Gasteiger partial charge on any atom is 0.259 e. The predicted molar refractivity (Wildman–Crippen MR) is 74.6 cm³/mol. The number of rotatable bonds is 3. The first kappa shape index (κ1) is 13.5. The zero-order chi connectivity index (χ0) is 14.5. The Bertz CT molecular complexity index is 729. The number of halogens is 1. The summed E-state index contributed by atoms with van der Waals surface area (Å²) in [5, 5.41) is 8.81. The van der Waals surface area contributed by atoms with Crippen LogP contribution >= 0.6 is 0 Å². The molecule has 2 aromatic carbocycles. The largest absolute Gasteiger partial charge is 0.365 e. The fourth-order valence-corrected chi connectivity index (χ4v) is 1.82. The number of nitriles is 1. The van der Waals surface area contributed by atoms with Gasteiger partial charge in [-0.25, -0.2) is 4.39 Å². The zero-order valence-electron chi connectivity index (χ0n) is 10.5. The lowest BCUT2D eigenvalue weighted by molar-refractivity contribution is -0.114. The number of hydrogen-bond acceptors (Lipinski definition) is 2. The fourth-order valence-electron chi connectivity index (χ4n) is 1.82. The van der Waals surface area contributed by atoms with Crippen molar-refractivity contribution in [2.24, 2.45) is 5.73 Å². The van der Waals surface area contributed by atoms with E-state index in [0.29, 0.717) is 16.7 Å². The third-order valence-electron chi connectivity index (χ3n) is 2.77. The number of benzene rings is 2. The highest BCUT2D eigenvalue weighted by molar-refractivity contribution is 6.00. The van der Waals surface area contributed by atoms with Gasteiger partial charge in [0, 0.05) is 5.56 Å². The first-order valence-corrected chi connectivity index (χ1v) is 5.88. The lowest BCUT2D eigenvalue weighted by atomic mass is 10.0. The molecule has 0 heterocycles. The average molecular weight is 266 g/mol. The van der Waals surface area contributed by atoms with Crippen molar-refractivity contribution < 1.29 is 9.18 Å². The molecule has 0 radical (unpaired) electrons. The Kier molecular flexibility index (Phi) is 3.92. The van der Waals surface area contributed by atoms with Crippen LogP contribution in [0.3, 0.4) is 0 Å². The molecule has 0 unspecified atom stereocenters. The molecule has 0 aliphatic carbocycles. The maximum atomic E-state index is 13.7. The average Bonchev–Trinajstić information content (AvgIpc) is 2.45. The molecular weight excluding hydrogens is 255 g/mol. The zero-order valence-corrected chi connectivity index (χ0v) is 10.5. The van der Waals surface area contributed by atoms with Crippen molar-refractivity contribution in [2.75, 3.05) is 0 Å². The lowest BCUT2D eigenvalue weighted by Gasteiger charge is -2.04. The summed E-state index contributed by atoms with van der Waals surface area (Å²) < 4.78 is 13.7. The molecule has 0 bridgehead atoms. The summed E-state index contributed by atoms with van der Waals surface area (Å²) in [7, 11) is 0. The number of carbonyl (C=O) groups excluding carboxylic acids is 1. The Labute approximate surface area is 115 Å². The van der Waals surface area contributed by atoms with Crippen LogP contribution in [0.5, 0.6) is 0 Å². The van der Waals surface area contributed by atoms with Gasteiger partial charge in [-0.05, 0) is 29.3 Å². The highest BCUT2D eigenvalue weighted by Crippen LogP contribution is 2.24. The monoisotopic (exact) mass is 266 g/mol. The van der Waals surface area contributed by atoms with E-state index in [1.165, 1.54) is 12.1 Å². The molecule has 0 fully saturated rings. The second-order valence-electron chi connectivity index (χ2n) is 4.14. The minimum Gasteiger partial charge on any atom is -0.365 e. The van der Waals surface area contributed by atoms with Crippen LogP contribution in [0.15, 0.2) is 54.1 Å². The second kappa shape index (κ2) is 5.81. The summed E-state index contributed by atoms with van der Waals surface area (Å²) in [5.41, 5.74) is 6.67. The Balaban J connectivity index is 2.47. The van der Waals surface area contributed by atoms with Crippen molar-refractivity contribution in [2.45, 2.75) is 0 Å². The van der Waals surface area contributed by atoms with E-state index in [1.807, 2.05) is 0 Å². The summed E-state index contributed by atoms with van der Waals surface area (Å²) >= 11 is 0. The minimum atomic E-state index is -0.788. The van der Waals surface area contributed by atoms with E-state index < -0.39 is 5.91 Å². The van der Waals surface area contributed by atoms with Crippen LogP contribution in [-0.4, -0.2) is 5.91 Å². The van der Waals surface area contributed by atoms with Gasteiger partial charge in [0.05, 0.1) is 0 Å². The fraction of sp³-hybridized carbons (Fsp3) is 0. The van der Waals surface area contributed by atoms with Gasteiger partial charge in [0.25, 0.3) is 5.91 Å². The van der Waals surface area contributed by atoms with E-state index in [2.05, 4.69) is 0 Å². The standard InChI is InChI=1S/C16H11FN2O/c17-15-7-2-1-6-14(15)12-5-3-4-11(8-12)9-13(10-18)16(19)20/h1-9H,(H2,19,20). The molecule has 0 aliphatic rings. The molecule has 0 saturated heterocycles. The van der Waals surface area contributed by atoms with Gasteiger partial charge in [-0.2, -0.15) is 5.26 Å². The van der Waals surface area contributed by atoms with Crippen molar-refractivity contribution in [1.82, 2.24) is 0 Å². The van der Waals surface area contributed by atoms with Crippen LogP contribution in [0.2, 0.25) is 0 Å². The molecule has 0 spiro atoms. The molecule has 2 rings (SSSR count). The first-order chi connectivity index (χ1) is 9.61. The number of primary amides is 1. The first-order valence-electron chi connectivity index (χ1n) is 5.88. The van der Waals surface area contributed by atoms with Gasteiger partial charge in [0.15, 0.2) is 0 Å². The topological polar surface area (TPSA) is 66.9 Å². The molecule has 0 aromatic heterocycles. The van der Waals surface area contributed by atoms with Gasteiger partial charge in [0.2, 0.25) is 0 Å². The molecule has 0 aliphatic heterocycles. The molecule has 0 atom stereocenters. The van der Waals surface area contributed by atoms with E-state index in [0.717, 1.165) is 0 Å². The van der Waals surface area contributed by atoms with Crippen LogP contribution in [0.25, 0.3) is 17.2 Å². The molecule has 2 N–H and O–H groups in total. The molecular formula is C16H11FN2O. The molecule has 1 amide bonds. The summed E-state index contributed by atoms with van der Waals surface area (Å²) in [6, 6.07) is 15.0. The van der Waals surface area contributed by atoms with Gasteiger partial charge in [-0.3, -0.25) is 4.79 Å². The van der Waals surface area contributed by atoms with Gasteiger partial charge in [0.1, 0.15) is 17.5 Å². The maximum absolute atomic E-state index is 13.7. The SMILES string of the molecule is N#CC(=Cc1cccc(-c2ccccc2F)c1)C(N)=O. The van der Waals surface area contributed by atoms with E-state index in [-0.39, 0.29) is 11.4 Å². The lowest BCUT2D eigenvalue weighted by Crippen LogP contribution is -2.12. The third-order valence-corrected chi connectivity index (χ3v) is 2.77. The van der Waals surface area contributed by atoms with Crippen LogP contribution < -0.4 is 5.73 Å². The quantitative estimate of drug-likeness (QED) is 0.685. The van der Waals surface area contributed by atoms with Gasteiger partial charge in [-0.15, -0.1) is 0 Å². The highest BCUT2D eigenvalue weighted by atomic mass is 19.1. The summed E-state index contributed by atoms with van der Waals surface area (Å²) in [4.78, 5) is 11.0. The highest BCUT2D eigenvalue weighted by Gasteiger charge is 2.06. The Morgan fingerprint density at radius 3 is 2.60 bits per heavy atom. The molecule has 20 heavy (non-hydrogen) atoms. The predicted octanol–water partition coefficient (Wildman–Crippen LogP) is 2.88. The molecule has 2 aromatic rings. The van der Waals surface area contributed by atoms with E-state index in [1.54, 1.807) is 48.5 Å². The number of nitrogens with two attached hydrogens (primary N) is 1. The van der Waals surface area contributed by atoms with Crippen molar-refractivity contribution in [3.05, 3.63) is 65.5 Å². The van der Waals surface area contributed by atoms with Crippen molar-refractivity contribution in [3.63, 3.8) is 0 Å². The third kappa shape index (κ3) is 2.90. The van der Waals surface area contributed by atoms with Crippen LogP contribution in [0.1, 0.15) is 5.56 Å². The molecule has 0 saturated carbocycles. The summed E-state index contributed by atoms with van der Waals surface area (Å²) in [6.45, 7) is 0. The smallest absolute Gasteiger partial charge is 0.259 e. The van der Waals surface area contributed by atoms with Gasteiger partial charge >= 0.3 is 0 Å². The normalized spacial score (nSPS) is 10.9. The number of carbonyl (C=O) groups is 1. The van der Waals surface area contributed by atoms with E-state index >= 15 is 0 Å². The Hall–Kier alpha value is -2.93. The van der Waals surface area contributed by atoms with Crippen LogP contribution in [-0.2, 0) is 4.79 Å². The summed E-state index contributed by atoms with van der Waals surface area (Å²) in [5.74, 6) is -1.12. The van der Waals surface area contributed by atoms with Gasteiger partial charge in [-0.1, -0.05) is 36.4 Å². The molecule has 3 nitrogen and oxygen atoms in total. The van der Waals surface area contributed by atoms with Crippen molar-refractivity contribution in [1.29, 1.82) is 5.26 Å². The van der Waals surface area contributed by atoms with Gasteiger partial charge < -0.3 is 5.73 Å². The van der Waals surface area contributed by atoms with Crippen LogP contribution in [0.4, 0.5) is 4.39 Å².